The van der Waals surface area contributed by atoms with E-state index in [9.17, 15) is 9.59 Å². The van der Waals surface area contributed by atoms with Crippen LogP contribution >= 0.6 is 0 Å². The smallest absolute Gasteiger partial charge is 0.281 e. The highest BCUT2D eigenvalue weighted by atomic mass is 16.5. The molecule has 34 heavy (non-hydrogen) atoms. The molecule has 0 radical (unpaired) electrons. The van der Waals surface area contributed by atoms with Crippen LogP contribution in [0.3, 0.4) is 0 Å². The van der Waals surface area contributed by atoms with Crippen LogP contribution in [0.25, 0.3) is 11.2 Å². The first-order chi connectivity index (χ1) is 16.5. The van der Waals surface area contributed by atoms with Crippen molar-refractivity contribution in [2.45, 2.75) is 32.2 Å². The van der Waals surface area contributed by atoms with E-state index in [1.807, 2.05) is 48.2 Å². The average molecular weight is 459 g/mol. The quantitative estimate of drug-likeness (QED) is 0.493. The van der Waals surface area contributed by atoms with Gasteiger partial charge in [0.1, 0.15) is 11.6 Å². The fraction of sp³-hybridized carbons (Fsp3) is 0.320. The van der Waals surface area contributed by atoms with E-state index in [2.05, 4.69) is 15.3 Å². The van der Waals surface area contributed by atoms with Gasteiger partial charge in [0.05, 0.1) is 13.7 Å². The first kappa shape index (κ1) is 21.8. The summed E-state index contributed by atoms with van der Waals surface area (Å²) < 4.78 is 6.91. The van der Waals surface area contributed by atoms with E-state index >= 15 is 0 Å². The van der Waals surface area contributed by atoms with Gasteiger partial charge < -0.3 is 14.6 Å². The van der Waals surface area contributed by atoms with Crippen LogP contribution in [0.2, 0.25) is 0 Å². The third-order valence-electron chi connectivity index (χ3n) is 6.26. The van der Waals surface area contributed by atoms with Crippen LogP contribution in [-0.4, -0.2) is 56.0 Å². The standard InChI is InChI=1S/C25H26N6O3/c1-16-8-10-17(11-9-16)14-31-23-21(28-29-31)24(32)27-22(26-23)19-6-4-12-30(15-19)25(33)18-5-3-7-20(13-18)34-2/h3,5,7-11,13,19H,4,6,12,14-15H2,1-2H3,(H,26,27,32)/t19-/m1/s1. The van der Waals surface area contributed by atoms with Gasteiger partial charge in [-0.1, -0.05) is 41.1 Å². The molecule has 1 fully saturated rings. The zero-order valence-corrected chi connectivity index (χ0v) is 19.2. The second kappa shape index (κ2) is 9.09. The highest BCUT2D eigenvalue weighted by Gasteiger charge is 2.28. The molecule has 1 amide bonds. The predicted octanol–water partition coefficient (Wildman–Crippen LogP) is 2.90. The van der Waals surface area contributed by atoms with E-state index in [1.54, 1.807) is 23.9 Å². The highest BCUT2D eigenvalue weighted by molar-refractivity contribution is 5.94. The van der Waals surface area contributed by atoms with Crippen molar-refractivity contribution in [2.75, 3.05) is 20.2 Å². The zero-order valence-electron chi connectivity index (χ0n) is 19.2. The predicted molar refractivity (Wildman–Crippen MR) is 127 cm³/mol. The van der Waals surface area contributed by atoms with Crippen molar-refractivity contribution in [3.05, 3.63) is 81.4 Å². The monoisotopic (exact) mass is 458 g/mol. The van der Waals surface area contributed by atoms with Gasteiger partial charge in [-0.25, -0.2) is 9.67 Å². The summed E-state index contributed by atoms with van der Waals surface area (Å²) in [5.74, 6) is 1.07. The molecule has 0 bridgehead atoms. The first-order valence-electron chi connectivity index (χ1n) is 11.3. The van der Waals surface area contributed by atoms with E-state index in [-0.39, 0.29) is 22.9 Å². The Balaban J connectivity index is 1.41. The molecule has 1 atom stereocenters. The molecule has 0 spiro atoms. The molecule has 1 saturated heterocycles. The maximum Gasteiger partial charge on any atom is 0.281 e. The van der Waals surface area contributed by atoms with Gasteiger partial charge in [-0.15, -0.1) is 5.10 Å². The van der Waals surface area contributed by atoms with Crippen molar-refractivity contribution in [2.24, 2.45) is 0 Å². The number of nitrogens with zero attached hydrogens (tertiary/aromatic N) is 5. The largest absolute Gasteiger partial charge is 0.497 e. The molecule has 1 aliphatic heterocycles. The van der Waals surface area contributed by atoms with Crippen LogP contribution in [0, 0.1) is 6.92 Å². The Hall–Kier alpha value is -4.01. The number of carbonyl (C=O) groups is 1. The average Bonchev–Trinajstić information content (AvgIpc) is 3.28. The fourth-order valence-electron chi connectivity index (χ4n) is 4.37. The number of H-pyrrole nitrogens is 1. The maximum absolute atomic E-state index is 13.1. The summed E-state index contributed by atoms with van der Waals surface area (Å²) in [4.78, 5) is 35.3. The minimum absolute atomic E-state index is 0.0573. The summed E-state index contributed by atoms with van der Waals surface area (Å²) in [6.07, 6.45) is 1.65. The van der Waals surface area contributed by atoms with Crippen LogP contribution in [0.15, 0.2) is 53.3 Å². The van der Waals surface area contributed by atoms with E-state index in [0.717, 1.165) is 18.4 Å². The Bertz CT molecular complexity index is 1390. The Kier molecular flexibility index (Phi) is 5.83. The summed E-state index contributed by atoms with van der Waals surface area (Å²) in [5, 5.41) is 8.21. The minimum atomic E-state index is -0.314. The molecule has 3 heterocycles. The number of fused-ring (bicyclic) bond motifs is 1. The first-order valence-corrected chi connectivity index (χ1v) is 11.3. The third kappa shape index (κ3) is 4.28. The summed E-state index contributed by atoms with van der Waals surface area (Å²) >= 11 is 0. The highest BCUT2D eigenvalue weighted by Crippen LogP contribution is 2.26. The lowest BCUT2D eigenvalue weighted by Gasteiger charge is -2.32. The number of methoxy groups -OCH3 is 1. The number of ether oxygens (including phenoxy) is 1. The van der Waals surface area contributed by atoms with Crippen molar-refractivity contribution < 1.29 is 9.53 Å². The van der Waals surface area contributed by atoms with E-state index in [0.29, 0.717) is 42.4 Å². The molecule has 4 aromatic rings. The van der Waals surface area contributed by atoms with Crippen LogP contribution in [0.5, 0.6) is 5.75 Å². The second-order valence-corrected chi connectivity index (χ2v) is 8.68. The number of benzene rings is 2. The number of amides is 1. The van der Waals surface area contributed by atoms with Crippen LogP contribution in [-0.2, 0) is 6.54 Å². The molecule has 1 N–H and O–H groups in total. The molecule has 9 heteroatoms. The zero-order chi connectivity index (χ0) is 23.7. The van der Waals surface area contributed by atoms with Crippen molar-refractivity contribution in [1.82, 2.24) is 29.9 Å². The number of carbonyl (C=O) groups excluding carboxylic acids is 1. The number of likely N-dealkylation sites (tertiary alicyclic amines) is 1. The molecule has 0 aliphatic carbocycles. The van der Waals surface area contributed by atoms with Crippen molar-refractivity contribution in [3.8, 4) is 5.75 Å². The molecular formula is C25H26N6O3. The summed E-state index contributed by atoms with van der Waals surface area (Å²) in [6.45, 7) is 3.64. The molecular weight excluding hydrogens is 432 g/mol. The van der Waals surface area contributed by atoms with Gasteiger partial charge in [-0.3, -0.25) is 9.59 Å². The number of rotatable bonds is 5. The Labute approximate surface area is 196 Å². The molecule has 9 nitrogen and oxygen atoms in total. The van der Waals surface area contributed by atoms with Gasteiger partial charge in [0, 0.05) is 24.6 Å². The van der Waals surface area contributed by atoms with Crippen molar-refractivity contribution in [3.63, 3.8) is 0 Å². The number of nitrogens with one attached hydrogen (secondary N) is 1. The molecule has 174 valence electrons. The molecule has 0 saturated carbocycles. The van der Waals surface area contributed by atoms with Crippen LogP contribution < -0.4 is 10.3 Å². The van der Waals surface area contributed by atoms with Crippen LogP contribution in [0.4, 0.5) is 0 Å². The summed E-state index contributed by atoms with van der Waals surface area (Å²) in [6, 6.07) is 15.3. The van der Waals surface area contributed by atoms with Gasteiger partial charge >= 0.3 is 0 Å². The number of aryl methyl sites for hydroxylation is 1. The summed E-state index contributed by atoms with van der Waals surface area (Å²) in [5.41, 5.74) is 3.17. The number of piperidine rings is 1. The molecule has 2 aromatic heterocycles. The SMILES string of the molecule is COc1cccc(C(=O)N2CCC[C@@H](c3nc4c(nnn4Cc4ccc(C)cc4)c(=O)[nH]3)C2)c1. The second-order valence-electron chi connectivity index (χ2n) is 8.68. The van der Waals surface area contributed by atoms with E-state index in [4.69, 9.17) is 9.72 Å². The number of hydrogen-bond donors (Lipinski definition) is 1. The third-order valence-corrected chi connectivity index (χ3v) is 6.26. The van der Waals surface area contributed by atoms with Crippen molar-refractivity contribution >= 4 is 17.1 Å². The molecule has 2 aromatic carbocycles. The normalized spacial score (nSPS) is 16.1. The van der Waals surface area contributed by atoms with E-state index in [1.165, 1.54) is 5.56 Å². The van der Waals surface area contributed by atoms with Crippen molar-refractivity contribution in [1.29, 1.82) is 0 Å². The minimum Gasteiger partial charge on any atom is -0.497 e. The lowest BCUT2D eigenvalue weighted by Crippen LogP contribution is -2.40. The van der Waals surface area contributed by atoms with Crippen LogP contribution in [0.1, 0.15) is 46.1 Å². The van der Waals surface area contributed by atoms with E-state index < -0.39 is 0 Å². The molecule has 1 aliphatic rings. The van der Waals surface area contributed by atoms with Gasteiger partial charge in [-0.05, 0) is 43.5 Å². The maximum atomic E-state index is 13.1. The van der Waals surface area contributed by atoms with Gasteiger partial charge in [-0.2, -0.15) is 0 Å². The van der Waals surface area contributed by atoms with Gasteiger partial charge in [0.15, 0.2) is 11.2 Å². The molecule has 0 unspecified atom stereocenters. The Morgan fingerprint density at radius 3 is 2.82 bits per heavy atom. The number of aromatic amines is 1. The lowest BCUT2D eigenvalue weighted by molar-refractivity contribution is 0.0704. The lowest BCUT2D eigenvalue weighted by atomic mass is 9.96. The fourth-order valence-corrected chi connectivity index (χ4v) is 4.37. The number of aromatic nitrogens is 5. The summed E-state index contributed by atoms with van der Waals surface area (Å²) in [7, 11) is 1.58. The Morgan fingerprint density at radius 2 is 2.03 bits per heavy atom. The number of hydrogen-bond acceptors (Lipinski definition) is 6. The topological polar surface area (TPSA) is 106 Å². The molecule has 5 rings (SSSR count). The van der Waals surface area contributed by atoms with Gasteiger partial charge in [0.2, 0.25) is 0 Å². The Morgan fingerprint density at radius 1 is 1.21 bits per heavy atom. The van der Waals surface area contributed by atoms with Gasteiger partial charge in [0.25, 0.3) is 11.5 Å².